The summed E-state index contributed by atoms with van der Waals surface area (Å²) in [6.07, 6.45) is 2.71. The smallest absolute Gasteiger partial charge is 0.175 e. The predicted octanol–water partition coefficient (Wildman–Crippen LogP) is 1.52. The fourth-order valence-electron chi connectivity index (χ4n) is 1.02. The van der Waals surface area contributed by atoms with Crippen molar-refractivity contribution in [2.75, 3.05) is 12.0 Å². The Bertz CT molecular complexity index is 415. The third kappa shape index (κ3) is 2.72. The van der Waals surface area contributed by atoms with E-state index in [-0.39, 0.29) is 5.92 Å². The average molecular weight is 231 g/mol. The van der Waals surface area contributed by atoms with Crippen molar-refractivity contribution in [2.45, 2.75) is 17.7 Å². The van der Waals surface area contributed by atoms with E-state index in [9.17, 15) is 8.42 Å². The molecule has 0 saturated carbocycles. The van der Waals surface area contributed by atoms with Gasteiger partial charge in [-0.3, -0.25) is 4.98 Å². The maximum Gasteiger partial charge on any atom is 0.175 e. The molecular weight excluding hydrogens is 218 g/mol. The Morgan fingerprint density at radius 3 is 2.71 bits per heavy atom. The van der Waals surface area contributed by atoms with Gasteiger partial charge in [0.2, 0.25) is 0 Å². The van der Waals surface area contributed by atoms with E-state index in [1.807, 2.05) is 6.92 Å². The molecule has 0 bridgehead atoms. The highest BCUT2D eigenvalue weighted by Gasteiger charge is 2.11. The molecule has 0 aliphatic carbocycles. The van der Waals surface area contributed by atoms with Gasteiger partial charge in [0.1, 0.15) is 0 Å². The summed E-state index contributed by atoms with van der Waals surface area (Å²) in [5.41, 5.74) is 0.767. The molecule has 1 aromatic rings. The average Bonchev–Trinajstić information content (AvgIpc) is 2.15. The zero-order valence-electron chi connectivity index (χ0n) is 8.14. The Balaban J connectivity index is 3.14. The second-order valence-corrected chi connectivity index (χ2v) is 5.65. The van der Waals surface area contributed by atoms with Gasteiger partial charge in [0.25, 0.3) is 0 Å². The minimum absolute atomic E-state index is 0.167. The van der Waals surface area contributed by atoms with E-state index in [1.165, 1.54) is 18.5 Å². The highest BCUT2D eigenvalue weighted by Crippen LogP contribution is 2.17. The number of hydrogen-bond donors (Lipinski definition) is 1. The predicted molar refractivity (Wildman–Crippen MR) is 59.6 cm³/mol. The number of aromatic nitrogens is 1. The molecule has 14 heavy (non-hydrogen) atoms. The standard InChI is InChI=1S/C9H13NO2S2/c1-7(6-13)9-5-8(3-4-10-9)14(2,11)12/h3-5,7,13H,6H2,1-2H3. The molecule has 1 unspecified atom stereocenters. The summed E-state index contributed by atoms with van der Waals surface area (Å²) in [6, 6.07) is 3.11. The van der Waals surface area contributed by atoms with E-state index >= 15 is 0 Å². The van der Waals surface area contributed by atoms with Crippen molar-refractivity contribution in [2.24, 2.45) is 0 Å². The molecule has 0 saturated heterocycles. The van der Waals surface area contributed by atoms with E-state index in [1.54, 1.807) is 6.07 Å². The van der Waals surface area contributed by atoms with Crippen LogP contribution in [0.25, 0.3) is 0 Å². The summed E-state index contributed by atoms with van der Waals surface area (Å²) in [6.45, 7) is 1.96. The maximum absolute atomic E-state index is 11.2. The van der Waals surface area contributed by atoms with Gasteiger partial charge in [-0.15, -0.1) is 0 Å². The molecule has 0 radical (unpaired) electrons. The van der Waals surface area contributed by atoms with Crippen LogP contribution in [0.3, 0.4) is 0 Å². The van der Waals surface area contributed by atoms with Crippen molar-refractivity contribution >= 4 is 22.5 Å². The molecule has 0 fully saturated rings. The van der Waals surface area contributed by atoms with Crippen molar-refractivity contribution in [3.63, 3.8) is 0 Å². The monoisotopic (exact) mass is 231 g/mol. The summed E-state index contributed by atoms with van der Waals surface area (Å²) < 4.78 is 22.5. The van der Waals surface area contributed by atoms with Crippen LogP contribution in [-0.2, 0) is 9.84 Å². The van der Waals surface area contributed by atoms with Crippen molar-refractivity contribution in [3.8, 4) is 0 Å². The molecule has 0 spiro atoms. The lowest BCUT2D eigenvalue weighted by atomic mass is 10.1. The summed E-state index contributed by atoms with van der Waals surface area (Å²) in [4.78, 5) is 4.43. The molecule has 0 aromatic carbocycles. The van der Waals surface area contributed by atoms with Gasteiger partial charge in [-0.25, -0.2) is 8.42 Å². The molecule has 0 amide bonds. The van der Waals surface area contributed by atoms with Crippen LogP contribution in [-0.4, -0.2) is 25.4 Å². The molecule has 1 rings (SSSR count). The first-order chi connectivity index (χ1) is 6.45. The second kappa shape index (κ2) is 4.31. The van der Waals surface area contributed by atoms with Crippen LogP contribution in [0.1, 0.15) is 18.5 Å². The van der Waals surface area contributed by atoms with Gasteiger partial charge in [0.15, 0.2) is 9.84 Å². The molecule has 3 nitrogen and oxygen atoms in total. The van der Waals surface area contributed by atoms with Crippen LogP contribution in [0, 0.1) is 0 Å². The summed E-state index contributed by atoms with van der Waals surface area (Å²) >= 11 is 4.14. The van der Waals surface area contributed by atoms with E-state index in [0.717, 1.165) is 5.69 Å². The van der Waals surface area contributed by atoms with Gasteiger partial charge in [0.05, 0.1) is 4.90 Å². The van der Waals surface area contributed by atoms with Gasteiger partial charge in [0, 0.05) is 24.1 Å². The molecule has 1 aromatic heterocycles. The lowest BCUT2D eigenvalue weighted by Crippen LogP contribution is -2.03. The van der Waals surface area contributed by atoms with Crippen molar-refractivity contribution in [1.82, 2.24) is 4.98 Å². The summed E-state index contributed by atoms with van der Waals surface area (Å²) in [7, 11) is -3.13. The minimum atomic E-state index is -3.13. The Morgan fingerprint density at radius 1 is 1.57 bits per heavy atom. The Hall–Kier alpha value is -0.550. The fourth-order valence-corrected chi connectivity index (χ4v) is 1.85. The third-order valence-corrected chi connectivity index (χ3v) is 3.62. The number of nitrogens with zero attached hydrogens (tertiary/aromatic N) is 1. The Kier molecular flexibility index (Phi) is 3.55. The molecule has 78 valence electrons. The molecule has 1 atom stereocenters. The van der Waals surface area contributed by atoms with Crippen LogP contribution in [0.4, 0.5) is 0 Å². The van der Waals surface area contributed by atoms with E-state index in [2.05, 4.69) is 17.6 Å². The van der Waals surface area contributed by atoms with E-state index in [0.29, 0.717) is 10.6 Å². The largest absolute Gasteiger partial charge is 0.261 e. The summed E-state index contributed by atoms with van der Waals surface area (Å²) in [5, 5.41) is 0. The zero-order valence-corrected chi connectivity index (χ0v) is 9.85. The SMILES string of the molecule is CC(CS)c1cc(S(C)(=O)=O)ccn1. The van der Waals surface area contributed by atoms with Crippen molar-refractivity contribution in [3.05, 3.63) is 24.0 Å². The van der Waals surface area contributed by atoms with Crippen LogP contribution in [0.15, 0.2) is 23.2 Å². The van der Waals surface area contributed by atoms with E-state index < -0.39 is 9.84 Å². The maximum atomic E-state index is 11.2. The molecule has 5 heteroatoms. The van der Waals surface area contributed by atoms with Gasteiger partial charge in [-0.2, -0.15) is 12.6 Å². The Morgan fingerprint density at radius 2 is 2.21 bits per heavy atom. The van der Waals surface area contributed by atoms with Crippen molar-refractivity contribution < 1.29 is 8.42 Å². The van der Waals surface area contributed by atoms with E-state index in [4.69, 9.17) is 0 Å². The highest BCUT2D eigenvalue weighted by molar-refractivity contribution is 7.90. The normalized spacial score (nSPS) is 13.9. The zero-order chi connectivity index (χ0) is 10.8. The van der Waals surface area contributed by atoms with Gasteiger partial charge < -0.3 is 0 Å². The van der Waals surface area contributed by atoms with Gasteiger partial charge in [-0.05, 0) is 17.9 Å². The van der Waals surface area contributed by atoms with Gasteiger partial charge >= 0.3 is 0 Å². The lowest BCUT2D eigenvalue weighted by Gasteiger charge is -2.07. The first-order valence-corrected chi connectivity index (χ1v) is 6.74. The molecule has 0 aliphatic rings. The lowest BCUT2D eigenvalue weighted by molar-refractivity contribution is 0.601. The molecule has 0 N–H and O–H groups in total. The summed E-state index contributed by atoms with van der Waals surface area (Å²) in [5.74, 6) is 0.820. The number of rotatable bonds is 3. The second-order valence-electron chi connectivity index (χ2n) is 3.27. The molecular formula is C9H13NO2S2. The van der Waals surface area contributed by atoms with Crippen LogP contribution < -0.4 is 0 Å². The van der Waals surface area contributed by atoms with Crippen LogP contribution >= 0.6 is 12.6 Å². The van der Waals surface area contributed by atoms with Crippen LogP contribution in [0.2, 0.25) is 0 Å². The van der Waals surface area contributed by atoms with Crippen LogP contribution in [0.5, 0.6) is 0 Å². The molecule has 1 heterocycles. The number of pyridine rings is 1. The number of hydrogen-bond acceptors (Lipinski definition) is 4. The van der Waals surface area contributed by atoms with Gasteiger partial charge in [-0.1, -0.05) is 6.92 Å². The Labute approximate surface area is 89.9 Å². The fraction of sp³-hybridized carbons (Fsp3) is 0.444. The molecule has 0 aliphatic heterocycles. The quantitative estimate of drug-likeness (QED) is 0.802. The first kappa shape index (κ1) is 11.5. The topological polar surface area (TPSA) is 47.0 Å². The first-order valence-electron chi connectivity index (χ1n) is 4.22. The number of sulfone groups is 1. The van der Waals surface area contributed by atoms with Crippen molar-refractivity contribution in [1.29, 1.82) is 0 Å². The highest BCUT2D eigenvalue weighted by atomic mass is 32.2. The minimum Gasteiger partial charge on any atom is -0.261 e. The third-order valence-electron chi connectivity index (χ3n) is 1.96. The number of thiol groups is 1.